The van der Waals surface area contributed by atoms with Crippen LogP contribution in [0.15, 0.2) is 35.5 Å². The Bertz CT molecular complexity index is 2270. The van der Waals surface area contributed by atoms with Gasteiger partial charge < -0.3 is 86.0 Å². The molecule has 1 aromatic heterocycles. The molecule has 4 rings (SSSR count). The number of carboxylic acids is 2. The number of nitrogens with two attached hydrogens (primary N) is 5. The zero-order valence-electron chi connectivity index (χ0n) is 42.6. The molecular formula is C49H79N15O11. The highest BCUT2D eigenvalue weighted by molar-refractivity contribution is 5.99. The molecule has 2 aliphatic heterocycles. The topological polar surface area (TPSA) is 440 Å². The summed E-state index contributed by atoms with van der Waals surface area (Å²) in [5.74, 6) is -8.04. The summed E-state index contributed by atoms with van der Waals surface area (Å²) in [7, 11) is 0. The molecule has 0 unspecified atom stereocenters. The molecule has 26 heteroatoms. The first-order chi connectivity index (χ1) is 36.0. The maximum atomic E-state index is 14.5. The smallest absolute Gasteiger partial charge is 0.326 e. The fourth-order valence-electron chi connectivity index (χ4n) is 9.19. The van der Waals surface area contributed by atoms with Crippen LogP contribution in [0.5, 0.6) is 0 Å². The van der Waals surface area contributed by atoms with Crippen LogP contribution in [-0.4, -0.2) is 167 Å². The number of benzene rings is 1. The van der Waals surface area contributed by atoms with Gasteiger partial charge in [0.25, 0.3) is 0 Å². The summed E-state index contributed by atoms with van der Waals surface area (Å²) in [6.07, 6.45) is 5.83. The first-order valence-electron chi connectivity index (χ1n) is 26.0. The average molecular weight is 1050 g/mol. The summed E-state index contributed by atoms with van der Waals surface area (Å²) in [6, 6.07) is -2.53. The van der Waals surface area contributed by atoms with E-state index < -0.39 is 102 Å². The van der Waals surface area contributed by atoms with Gasteiger partial charge in [0.05, 0.1) is 12.5 Å². The van der Waals surface area contributed by atoms with E-state index in [1.807, 2.05) is 0 Å². The number of aromatic nitrogens is 1. The van der Waals surface area contributed by atoms with Crippen molar-refractivity contribution in [3.05, 3.63) is 36.0 Å². The Kier molecular flexibility index (Phi) is 25.7. The number of likely N-dealkylation sites (tertiary alicyclic amines) is 1. The molecule has 2 saturated heterocycles. The highest BCUT2D eigenvalue weighted by Gasteiger charge is 2.40. The summed E-state index contributed by atoms with van der Waals surface area (Å²) in [5.41, 5.74) is 29.4. The second-order valence-corrected chi connectivity index (χ2v) is 19.0. The fraction of sp³-hybridized carbons (Fsp3) is 0.633. The predicted octanol–water partition coefficient (Wildman–Crippen LogP) is -2.64. The fourth-order valence-corrected chi connectivity index (χ4v) is 9.19. The normalized spacial score (nSPS) is 17.6. The molecule has 0 bridgehead atoms. The Morgan fingerprint density at radius 3 is 1.79 bits per heavy atom. The molecule has 0 spiro atoms. The molecule has 75 heavy (non-hydrogen) atoms. The van der Waals surface area contributed by atoms with Gasteiger partial charge in [-0.2, -0.15) is 0 Å². The molecule has 2 aliphatic rings. The maximum absolute atomic E-state index is 14.5. The third-order valence-electron chi connectivity index (χ3n) is 13.2. The number of amides is 7. The van der Waals surface area contributed by atoms with Crippen molar-refractivity contribution < 1.29 is 53.4 Å². The highest BCUT2D eigenvalue weighted by atomic mass is 16.4. The largest absolute Gasteiger partial charge is 0.481 e. The van der Waals surface area contributed by atoms with Crippen LogP contribution in [-0.2, 0) is 49.6 Å². The van der Waals surface area contributed by atoms with Gasteiger partial charge in [0.2, 0.25) is 41.4 Å². The van der Waals surface area contributed by atoms with Gasteiger partial charge >= 0.3 is 11.9 Å². The minimum absolute atomic E-state index is 0.00916. The van der Waals surface area contributed by atoms with Crippen molar-refractivity contribution in [2.75, 3.05) is 39.3 Å². The molecule has 26 nitrogen and oxygen atoms in total. The molecule has 20 N–H and O–H groups in total. The molecule has 8 atom stereocenters. The summed E-state index contributed by atoms with van der Waals surface area (Å²) in [4.78, 5) is 131. The number of H-pyrrole nitrogens is 1. The molecular weight excluding hydrogens is 975 g/mol. The Labute approximate surface area is 436 Å². The van der Waals surface area contributed by atoms with Crippen LogP contribution in [0.3, 0.4) is 0 Å². The van der Waals surface area contributed by atoms with E-state index in [4.69, 9.17) is 28.7 Å². The number of aromatic amines is 1. The zero-order valence-corrected chi connectivity index (χ0v) is 42.6. The number of carboxylic acid groups (broad SMARTS) is 2. The molecule has 2 fully saturated rings. The Balaban J connectivity index is 1.58. The van der Waals surface area contributed by atoms with Gasteiger partial charge in [-0.25, -0.2) is 4.79 Å². The predicted molar refractivity (Wildman–Crippen MR) is 278 cm³/mol. The minimum Gasteiger partial charge on any atom is -0.481 e. The van der Waals surface area contributed by atoms with Crippen molar-refractivity contribution in [3.8, 4) is 0 Å². The average Bonchev–Trinajstić information content (AvgIpc) is 4.18. The number of para-hydroxylation sites is 1. The molecule has 0 aliphatic carbocycles. The number of nitrogens with zero attached hydrogens (tertiary/aromatic N) is 2. The standard InChI is InChI=1S/C49H79N15O11/c50-20-6-3-14-33(43(69)62-37(26-29-28-57-31-13-2-1-12-30(29)31)44(70)63-38(27-40(65)66)45(71)61-36(48(74)75)16-5-8-22-52)59-46(72)39-19-11-25-64(39)47(73)35(15-4-7-21-51)60-42(68)34(18-10-24-56-49(53)54)58-41(67)32-17-9-23-55-32/h1-2,12-13,28,32-39,55,57H,3-11,14-27,50-52H2,(H,58,67)(H,59,72)(H,60,68)(H,61,71)(H,62,69)(H,63,70)(H,65,66)(H,74,75)(H4,53,54,56)/t32-,33-,34-,35-,36-,37-,38-,39-/m0/s1. The van der Waals surface area contributed by atoms with Crippen molar-refractivity contribution in [2.45, 2.75) is 157 Å². The lowest BCUT2D eigenvalue weighted by molar-refractivity contribution is -0.144. The summed E-state index contributed by atoms with van der Waals surface area (Å²) in [5, 5.41) is 39.3. The van der Waals surface area contributed by atoms with Crippen LogP contribution in [0, 0.1) is 0 Å². The summed E-state index contributed by atoms with van der Waals surface area (Å²) < 4.78 is 0. The van der Waals surface area contributed by atoms with Gasteiger partial charge in [0.1, 0.15) is 42.3 Å². The lowest BCUT2D eigenvalue weighted by Gasteiger charge is -2.31. The summed E-state index contributed by atoms with van der Waals surface area (Å²) in [6.45, 7) is 1.85. The van der Waals surface area contributed by atoms with Crippen molar-refractivity contribution in [2.24, 2.45) is 33.7 Å². The first kappa shape index (κ1) is 60.7. The van der Waals surface area contributed by atoms with E-state index in [2.05, 4.69) is 47.2 Å². The van der Waals surface area contributed by atoms with Gasteiger partial charge in [-0.3, -0.25) is 43.3 Å². The van der Waals surface area contributed by atoms with E-state index in [1.165, 1.54) is 4.90 Å². The second kappa shape index (κ2) is 31.7. The lowest BCUT2D eigenvalue weighted by Crippen LogP contribution is -2.60. The lowest BCUT2D eigenvalue weighted by atomic mass is 10.0. The zero-order chi connectivity index (χ0) is 54.9. The van der Waals surface area contributed by atoms with E-state index in [0.29, 0.717) is 87.3 Å². The molecule has 416 valence electrons. The molecule has 0 radical (unpaired) electrons. The van der Waals surface area contributed by atoms with E-state index in [0.717, 1.165) is 6.42 Å². The number of hydrogen-bond donors (Lipinski definition) is 15. The minimum atomic E-state index is -1.77. The van der Waals surface area contributed by atoms with Crippen molar-refractivity contribution in [1.82, 2.24) is 47.1 Å². The number of aliphatic carboxylic acids is 2. The number of carbonyl (C=O) groups is 9. The summed E-state index contributed by atoms with van der Waals surface area (Å²) >= 11 is 0. The van der Waals surface area contributed by atoms with Crippen molar-refractivity contribution in [3.63, 3.8) is 0 Å². The maximum Gasteiger partial charge on any atom is 0.326 e. The SMILES string of the molecule is NCCCC[C@H](NC(=O)[C@H](CC(=O)O)NC(=O)[C@H](Cc1c[nH]c2ccccc12)NC(=O)[C@H](CCCCN)NC(=O)[C@@H]1CCCN1C(=O)[C@H](CCCCN)NC(=O)[C@H](CCCN=C(N)N)NC(=O)[C@@H]1CCCN1)C(=O)O. The quantitative estimate of drug-likeness (QED) is 0.0194. The molecule has 2 aromatic rings. The van der Waals surface area contributed by atoms with Crippen molar-refractivity contribution in [1.29, 1.82) is 0 Å². The Morgan fingerprint density at radius 2 is 1.19 bits per heavy atom. The van der Waals surface area contributed by atoms with Gasteiger partial charge in [0, 0.05) is 36.6 Å². The number of carbonyl (C=O) groups excluding carboxylic acids is 7. The number of unbranched alkanes of at least 4 members (excludes halogenated alkanes) is 3. The van der Waals surface area contributed by atoms with E-state index in [9.17, 15) is 53.4 Å². The van der Waals surface area contributed by atoms with E-state index in [1.54, 1.807) is 30.5 Å². The number of guanidine groups is 1. The van der Waals surface area contributed by atoms with Gasteiger partial charge in [-0.15, -0.1) is 0 Å². The highest BCUT2D eigenvalue weighted by Crippen LogP contribution is 2.22. The van der Waals surface area contributed by atoms with E-state index >= 15 is 0 Å². The van der Waals surface area contributed by atoms with Gasteiger partial charge in [-0.05, 0) is 134 Å². The number of aliphatic imine (C=N–C) groups is 1. The number of rotatable bonds is 34. The molecule has 1 aromatic carbocycles. The van der Waals surface area contributed by atoms with Crippen molar-refractivity contribution >= 4 is 70.2 Å². The molecule has 0 saturated carbocycles. The monoisotopic (exact) mass is 1050 g/mol. The third-order valence-corrected chi connectivity index (χ3v) is 13.2. The van der Waals surface area contributed by atoms with Crippen LogP contribution in [0.4, 0.5) is 0 Å². The van der Waals surface area contributed by atoms with Crippen LogP contribution >= 0.6 is 0 Å². The third kappa shape index (κ3) is 19.7. The van der Waals surface area contributed by atoms with Crippen LogP contribution in [0.25, 0.3) is 10.9 Å². The number of fused-ring (bicyclic) bond motifs is 1. The van der Waals surface area contributed by atoms with Crippen LogP contribution in [0.2, 0.25) is 0 Å². The van der Waals surface area contributed by atoms with E-state index in [-0.39, 0.29) is 76.6 Å². The van der Waals surface area contributed by atoms with Crippen LogP contribution in [0.1, 0.15) is 108 Å². The van der Waals surface area contributed by atoms with Gasteiger partial charge in [-0.1, -0.05) is 18.2 Å². The molecule has 3 heterocycles. The Hall–Kier alpha value is -6.90. The van der Waals surface area contributed by atoms with Crippen LogP contribution < -0.4 is 65.9 Å². The Morgan fingerprint density at radius 1 is 0.640 bits per heavy atom. The second-order valence-electron chi connectivity index (χ2n) is 19.0. The van der Waals surface area contributed by atoms with Gasteiger partial charge in [0.15, 0.2) is 5.96 Å². The molecule has 7 amide bonds. The number of hydrogen-bond acceptors (Lipinski definition) is 14. The number of nitrogens with one attached hydrogen (secondary N) is 8. The first-order valence-corrected chi connectivity index (χ1v) is 26.0.